The molecule has 4 N–H and O–H groups in total. The third-order valence-electron chi connectivity index (χ3n) is 9.35. The van der Waals surface area contributed by atoms with Gasteiger partial charge in [-0.3, -0.25) is 19.2 Å². The number of amides is 3. The Kier molecular flexibility index (Phi) is 28.6. The van der Waals surface area contributed by atoms with Gasteiger partial charge < -0.3 is 30.4 Å². The molecule has 4 heterocycles. The molecule has 3 aliphatic rings. The predicted octanol–water partition coefficient (Wildman–Crippen LogP) is 8.20. The van der Waals surface area contributed by atoms with E-state index in [0.29, 0.717) is 41.9 Å². The van der Waals surface area contributed by atoms with E-state index in [2.05, 4.69) is 76.6 Å². The van der Waals surface area contributed by atoms with Crippen molar-refractivity contribution in [3.63, 3.8) is 0 Å². The van der Waals surface area contributed by atoms with E-state index >= 15 is 0 Å². The molecule has 1 aliphatic heterocycles. The number of fused-ring (bicyclic) bond motifs is 1. The summed E-state index contributed by atoms with van der Waals surface area (Å²) in [5.74, 6) is 3.32. The van der Waals surface area contributed by atoms with Gasteiger partial charge in [0.05, 0.1) is 25.7 Å². The van der Waals surface area contributed by atoms with Crippen LogP contribution < -0.4 is 16.2 Å². The van der Waals surface area contributed by atoms with E-state index in [1.807, 2.05) is 42.3 Å². The van der Waals surface area contributed by atoms with Crippen molar-refractivity contribution in [2.45, 2.75) is 110 Å². The number of allylic oxidation sites excluding steroid dienone is 2. The zero-order chi connectivity index (χ0) is 43.2. The van der Waals surface area contributed by atoms with E-state index in [-0.39, 0.29) is 24.2 Å². The molecule has 13 nitrogen and oxygen atoms in total. The lowest BCUT2D eigenvalue weighted by atomic mass is 10.0. The summed E-state index contributed by atoms with van der Waals surface area (Å²) >= 11 is 1.57. The van der Waals surface area contributed by atoms with Crippen LogP contribution >= 0.6 is 11.3 Å². The maximum absolute atomic E-state index is 11.7. The maximum Gasteiger partial charge on any atom is 0.309 e. The molecule has 0 spiro atoms. The first-order valence-electron chi connectivity index (χ1n) is 19.8. The summed E-state index contributed by atoms with van der Waals surface area (Å²) in [6.45, 7) is 19.3. The number of rotatable bonds is 11. The van der Waals surface area contributed by atoms with Gasteiger partial charge in [-0.25, -0.2) is 9.97 Å². The normalized spacial score (nSPS) is 17.5. The molecular weight excluding hydrogens is 743 g/mol. The number of likely N-dealkylation sites (tertiary alicyclic amines) is 1. The van der Waals surface area contributed by atoms with Crippen LogP contribution in [0.5, 0.6) is 5.88 Å². The van der Waals surface area contributed by atoms with E-state index in [9.17, 15) is 14.4 Å². The summed E-state index contributed by atoms with van der Waals surface area (Å²) in [7, 11) is 4.97. The summed E-state index contributed by atoms with van der Waals surface area (Å²) in [6.07, 6.45) is 22.4. The highest BCUT2D eigenvalue weighted by atomic mass is 32.1. The fourth-order valence-electron chi connectivity index (χ4n) is 6.40. The van der Waals surface area contributed by atoms with E-state index in [4.69, 9.17) is 15.3 Å². The van der Waals surface area contributed by atoms with Crippen LogP contribution in [-0.4, -0.2) is 75.4 Å². The molecule has 2 aliphatic carbocycles. The average molecular weight is 812 g/mol. The van der Waals surface area contributed by atoms with Gasteiger partial charge in [0.25, 0.3) is 0 Å². The van der Waals surface area contributed by atoms with Crippen molar-refractivity contribution in [3.8, 4) is 17.5 Å². The second kappa shape index (κ2) is 31.3. The Morgan fingerprint density at radius 3 is 2.21 bits per heavy atom. The van der Waals surface area contributed by atoms with Gasteiger partial charge in [0.15, 0.2) is 11.6 Å². The Bertz CT molecular complexity index is 1600. The van der Waals surface area contributed by atoms with Gasteiger partial charge in [-0.1, -0.05) is 51.2 Å². The van der Waals surface area contributed by atoms with Crippen LogP contribution in [-0.2, 0) is 31.0 Å². The highest BCUT2D eigenvalue weighted by molar-refractivity contribution is 7.17. The number of nitrogens with two attached hydrogens (primary N) is 2. The molecule has 0 bridgehead atoms. The number of thiophene rings is 1. The SMILES string of the molecule is C/C=C\C1CC1C(=O)OC.C=C.C=C.CCCCCCC(=O)N1CCCC1C.COc1nc(-c2nccn2C)nc2ccsc12.NC(=O)CC1CCCC1.NC=O. The zero-order valence-electron chi connectivity index (χ0n) is 35.3. The topological polar surface area (TPSA) is 186 Å². The van der Waals surface area contributed by atoms with E-state index in [1.54, 1.807) is 24.6 Å². The van der Waals surface area contributed by atoms with Gasteiger partial charge in [0.2, 0.25) is 24.1 Å². The Balaban J connectivity index is 0.000000714. The maximum atomic E-state index is 11.7. The summed E-state index contributed by atoms with van der Waals surface area (Å²) < 4.78 is 12.7. The summed E-state index contributed by atoms with van der Waals surface area (Å²) in [5, 5.41) is 1.98. The minimum atomic E-state index is -0.137. The Morgan fingerprint density at radius 2 is 1.70 bits per heavy atom. The zero-order valence-corrected chi connectivity index (χ0v) is 36.1. The Labute approximate surface area is 345 Å². The highest BCUT2D eigenvalue weighted by Gasteiger charge is 2.41. The van der Waals surface area contributed by atoms with E-state index in [0.717, 1.165) is 41.8 Å². The van der Waals surface area contributed by atoms with Crippen molar-refractivity contribution in [2.75, 3.05) is 20.8 Å². The molecule has 6 rings (SSSR count). The van der Waals surface area contributed by atoms with Crippen LogP contribution in [0.3, 0.4) is 0 Å². The minimum absolute atomic E-state index is 0.0666. The number of unbranched alkanes of at least 4 members (excludes halogenated alkanes) is 3. The molecule has 318 valence electrons. The number of esters is 1. The number of carbonyl (C=O) groups excluding carboxylic acids is 4. The van der Waals surface area contributed by atoms with Crippen LogP contribution in [0.4, 0.5) is 0 Å². The van der Waals surface area contributed by atoms with Crippen LogP contribution in [0, 0.1) is 17.8 Å². The number of imidazole rings is 1. The van der Waals surface area contributed by atoms with E-state index < -0.39 is 0 Å². The fraction of sp³-hybridized carbons (Fsp3) is 0.558. The first kappa shape index (κ1) is 52.2. The van der Waals surface area contributed by atoms with Gasteiger partial charge in [0.1, 0.15) is 4.70 Å². The van der Waals surface area contributed by atoms with Crippen molar-refractivity contribution in [1.29, 1.82) is 0 Å². The second-order valence-corrected chi connectivity index (χ2v) is 14.4. The fourth-order valence-corrected chi connectivity index (χ4v) is 7.20. The average Bonchev–Trinajstić information content (AvgIpc) is 3.75. The van der Waals surface area contributed by atoms with Gasteiger partial charge in [-0.2, -0.15) is 4.98 Å². The third-order valence-corrected chi connectivity index (χ3v) is 10.2. The molecule has 3 unspecified atom stereocenters. The molecule has 14 heteroatoms. The Hall–Kier alpha value is -4.85. The molecular formula is C43H69N7O6S. The first-order valence-corrected chi connectivity index (χ1v) is 20.6. The molecule has 3 aromatic heterocycles. The summed E-state index contributed by atoms with van der Waals surface area (Å²) in [5.41, 5.74) is 10.1. The van der Waals surface area contributed by atoms with Gasteiger partial charge in [0, 0.05) is 44.9 Å². The molecule has 0 aromatic carbocycles. The van der Waals surface area contributed by atoms with Crippen LogP contribution in [0.2, 0.25) is 0 Å². The van der Waals surface area contributed by atoms with Crippen LogP contribution in [0.25, 0.3) is 21.9 Å². The van der Waals surface area contributed by atoms with Gasteiger partial charge >= 0.3 is 5.97 Å². The number of hydrogen-bond acceptors (Lipinski definition) is 10. The summed E-state index contributed by atoms with van der Waals surface area (Å²) in [4.78, 5) is 56.7. The van der Waals surface area contributed by atoms with Gasteiger partial charge in [-0.15, -0.1) is 37.7 Å². The molecule has 2 saturated carbocycles. The first-order chi connectivity index (χ1) is 27.5. The molecule has 0 radical (unpaired) electrons. The van der Waals surface area contributed by atoms with Crippen molar-refractivity contribution in [1.82, 2.24) is 24.4 Å². The number of aromatic nitrogens is 4. The number of methoxy groups -OCH3 is 2. The quantitative estimate of drug-likeness (QED) is 0.0834. The summed E-state index contributed by atoms with van der Waals surface area (Å²) in [6, 6.07) is 2.45. The largest absolute Gasteiger partial charge is 0.480 e. The lowest BCUT2D eigenvalue weighted by Crippen LogP contribution is -2.33. The number of nitrogens with zero attached hydrogens (tertiary/aromatic N) is 5. The van der Waals surface area contributed by atoms with Crippen molar-refractivity contribution in [3.05, 3.63) is 62.3 Å². The second-order valence-electron chi connectivity index (χ2n) is 13.5. The van der Waals surface area contributed by atoms with Crippen LogP contribution in [0.15, 0.2) is 62.3 Å². The number of ether oxygens (including phenoxy) is 2. The number of hydrogen-bond donors (Lipinski definition) is 2. The monoisotopic (exact) mass is 812 g/mol. The van der Waals surface area contributed by atoms with E-state index in [1.165, 1.54) is 64.9 Å². The molecule has 1 saturated heterocycles. The number of primary amides is 2. The third kappa shape index (κ3) is 19.7. The number of aryl methyl sites for hydroxylation is 1. The van der Waals surface area contributed by atoms with Crippen molar-refractivity contribution in [2.24, 2.45) is 36.3 Å². The van der Waals surface area contributed by atoms with Crippen molar-refractivity contribution < 1.29 is 28.7 Å². The highest BCUT2D eigenvalue weighted by Crippen LogP contribution is 2.40. The lowest BCUT2D eigenvalue weighted by Gasteiger charge is -2.21. The molecule has 3 atom stereocenters. The van der Waals surface area contributed by atoms with Crippen molar-refractivity contribution >= 4 is 45.7 Å². The molecule has 57 heavy (non-hydrogen) atoms. The standard InChI is InChI=1S/C12H23NO.C11H10N4OS.C8H12O2.C7H13NO.2C2H4.CH3NO/c1-3-4-5-6-9-12(14)13-10-7-8-11(13)2;1-15-5-4-12-10(15)9-13-7-3-6-17-8(7)11(14-9)16-2;1-3-4-6-5-7(6)8(9)10-2;8-7(9)5-6-3-1-2-4-6;2*1-2;2-1-3/h11H,3-10H2,1-2H3;3-6H,1-2H3;3-4,6-7H,5H2,1-2H3;6H,1-5H2,(H2,8,9);2*1-2H2;1H,(H2,2,3)/b;;4-3-;;;;. The minimum Gasteiger partial charge on any atom is -0.480 e. The Morgan fingerprint density at radius 1 is 1.04 bits per heavy atom. The van der Waals surface area contributed by atoms with Gasteiger partial charge in [-0.05, 0) is 75.7 Å². The predicted molar refractivity (Wildman–Crippen MR) is 232 cm³/mol. The van der Waals surface area contributed by atoms with Crippen LogP contribution in [0.1, 0.15) is 104 Å². The molecule has 3 aromatic rings. The smallest absolute Gasteiger partial charge is 0.309 e. The molecule has 3 amide bonds. The lowest BCUT2D eigenvalue weighted by molar-refractivity contribution is -0.142. The molecule has 3 fully saturated rings. The number of carbonyl (C=O) groups is 4.